The molecule has 5 heteroatoms. The quantitative estimate of drug-likeness (QED) is 0.642. The van der Waals surface area contributed by atoms with Crippen molar-refractivity contribution < 1.29 is 4.92 Å². The number of aliphatic imine (C=N–C) groups is 1. The third-order valence-electron chi connectivity index (χ3n) is 4.31. The smallest absolute Gasteiger partial charge is 0.270 e. The normalized spacial score (nSPS) is 15.0. The van der Waals surface area contributed by atoms with Crippen molar-refractivity contribution in [2.24, 2.45) is 4.99 Å². The molecule has 0 aliphatic heterocycles. The van der Waals surface area contributed by atoms with E-state index in [9.17, 15) is 10.1 Å². The number of nitro benzene ring substituents is 1. The second-order valence-corrected chi connectivity index (χ2v) is 6.29. The standard InChI is InChI=1S/C19H21N3O2/c1-21(2)12-11-20-19-17-6-4-3-5-14(17)7-8-15-9-10-16(22(23)24)13-18(15)19/h3-6,9-10,13H,7-8,11-12H2,1-2H3. The van der Waals surface area contributed by atoms with Crippen LogP contribution in [0.25, 0.3) is 0 Å². The molecule has 124 valence electrons. The van der Waals surface area contributed by atoms with Crippen molar-refractivity contribution in [1.29, 1.82) is 0 Å². The largest absolute Gasteiger partial charge is 0.308 e. The van der Waals surface area contributed by atoms with Crippen LogP contribution >= 0.6 is 0 Å². The summed E-state index contributed by atoms with van der Waals surface area (Å²) in [7, 11) is 4.03. The third kappa shape index (κ3) is 3.36. The molecule has 3 rings (SSSR count). The number of hydrogen-bond donors (Lipinski definition) is 0. The zero-order valence-corrected chi connectivity index (χ0v) is 14.0. The molecule has 1 aliphatic rings. The molecule has 0 aromatic heterocycles. The van der Waals surface area contributed by atoms with E-state index in [1.54, 1.807) is 12.1 Å². The molecule has 0 spiro atoms. The highest BCUT2D eigenvalue weighted by Gasteiger charge is 2.21. The van der Waals surface area contributed by atoms with Crippen LogP contribution in [0.1, 0.15) is 22.3 Å². The van der Waals surface area contributed by atoms with Gasteiger partial charge in [-0.1, -0.05) is 30.3 Å². The Morgan fingerprint density at radius 3 is 2.50 bits per heavy atom. The molecule has 0 unspecified atom stereocenters. The van der Waals surface area contributed by atoms with Crippen molar-refractivity contribution >= 4 is 11.4 Å². The van der Waals surface area contributed by atoms with Crippen LogP contribution in [-0.4, -0.2) is 42.7 Å². The molecule has 5 nitrogen and oxygen atoms in total. The summed E-state index contributed by atoms with van der Waals surface area (Å²) < 4.78 is 0. The van der Waals surface area contributed by atoms with E-state index >= 15 is 0 Å². The first-order valence-corrected chi connectivity index (χ1v) is 8.11. The van der Waals surface area contributed by atoms with Crippen molar-refractivity contribution in [3.8, 4) is 0 Å². The maximum Gasteiger partial charge on any atom is 0.270 e. The molecule has 0 radical (unpaired) electrons. The number of nitrogens with zero attached hydrogens (tertiary/aromatic N) is 3. The summed E-state index contributed by atoms with van der Waals surface area (Å²) >= 11 is 0. The Hall–Kier alpha value is -2.53. The van der Waals surface area contributed by atoms with Crippen molar-refractivity contribution in [1.82, 2.24) is 4.90 Å². The lowest BCUT2D eigenvalue weighted by Crippen LogP contribution is -2.17. The highest BCUT2D eigenvalue weighted by molar-refractivity contribution is 6.15. The van der Waals surface area contributed by atoms with Crippen LogP contribution in [0.2, 0.25) is 0 Å². The summed E-state index contributed by atoms with van der Waals surface area (Å²) in [4.78, 5) is 17.8. The minimum absolute atomic E-state index is 0.119. The maximum atomic E-state index is 11.2. The molecule has 0 atom stereocenters. The van der Waals surface area contributed by atoms with Gasteiger partial charge in [0.25, 0.3) is 5.69 Å². The minimum atomic E-state index is -0.339. The van der Waals surface area contributed by atoms with E-state index in [-0.39, 0.29) is 10.6 Å². The highest BCUT2D eigenvalue weighted by Crippen LogP contribution is 2.28. The second-order valence-electron chi connectivity index (χ2n) is 6.29. The van der Waals surface area contributed by atoms with Crippen LogP contribution in [0.3, 0.4) is 0 Å². The predicted molar refractivity (Wildman–Crippen MR) is 96.0 cm³/mol. The molecular weight excluding hydrogens is 302 g/mol. The lowest BCUT2D eigenvalue weighted by Gasteiger charge is -2.12. The average molecular weight is 323 g/mol. The van der Waals surface area contributed by atoms with Gasteiger partial charge < -0.3 is 4.90 Å². The van der Waals surface area contributed by atoms with E-state index < -0.39 is 0 Å². The van der Waals surface area contributed by atoms with E-state index in [1.165, 1.54) is 5.56 Å². The molecule has 24 heavy (non-hydrogen) atoms. The van der Waals surface area contributed by atoms with Crippen LogP contribution in [0, 0.1) is 10.1 Å². The molecule has 2 aromatic carbocycles. The van der Waals surface area contributed by atoms with Crippen molar-refractivity contribution in [3.63, 3.8) is 0 Å². The van der Waals surface area contributed by atoms with Crippen LogP contribution in [0.15, 0.2) is 47.5 Å². The first-order valence-electron chi connectivity index (χ1n) is 8.11. The number of rotatable bonds is 4. The van der Waals surface area contributed by atoms with Gasteiger partial charge in [-0.15, -0.1) is 0 Å². The zero-order valence-electron chi connectivity index (χ0n) is 14.0. The van der Waals surface area contributed by atoms with Gasteiger partial charge in [-0.05, 0) is 38.1 Å². The van der Waals surface area contributed by atoms with Crippen LogP contribution in [0.4, 0.5) is 5.69 Å². The van der Waals surface area contributed by atoms with Gasteiger partial charge in [0.05, 0.1) is 17.2 Å². The van der Waals surface area contributed by atoms with Gasteiger partial charge in [-0.25, -0.2) is 0 Å². The Balaban J connectivity index is 2.13. The van der Waals surface area contributed by atoms with E-state index in [0.717, 1.165) is 41.8 Å². The van der Waals surface area contributed by atoms with Gasteiger partial charge in [0.15, 0.2) is 0 Å². The van der Waals surface area contributed by atoms with Crippen LogP contribution in [0.5, 0.6) is 0 Å². The number of likely N-dealkylation sites (N-methyl/N-ethyl adjacent to an activating group) is 1. The van der Waals surface area contributed by atoms with Gasteiger partial charge in [0.1, 0.15) is 0 Å². The molecule has 2 aromatic rings. The van der Waals surface area contributed by atoms with Crippen molar-refractivity contribution in [2.75, 3.05) is 27.2 Å². The van der Waals surface area contributed by atoms with E-state index in [4.69, 9.17) is 4.99 Å². The summed E-state index contributed by atoms with van der Waals surface area (Å²) in [5.41, 5.74) is 5.36. The Labute approximate surface area is 141 Å². The van der Waals surface area contributed by atoms with Gasteiger partial charge >= 0.3 is 0 Å². The van der Waals surface area contributed by atoms with E-state index in [0.29, 0.717) is 6.54 Å². The topological polar surface area (TPSA) is 58.7 Å². The van der Waals surface area contributed by atoms with Gasteiger partial charge in [0.2, 0.25) is 0 Å². The molecule has 0 N–H and O–H groups in total. The fourth-order valence-electron chi connectivity index (χ4n) is 3.03. The average Bonchev–Trinajstić information content (AvgIpc) is 2.71. The molecule has 0 bridgehead atoms. The molecule has 0 saturated carbocycles. The maximum absolute atomic E-state index is 11.2. The molecule has 0 saturated heterocycles. The van der Waals surface area contributed by atoms with Gasteiger partial charge in [-0.2, -0.15) is 0 Å². The fourth-order valence-corrected chi connectivity index (χ4v) is 3.03. The number of aryl methyl sites for hydroxylation is 2. The van der Waals surface area contributed by atoms with Crippen molar-refractivity contribution in [2.45, 2.75) is 12.8 Å². The first-order chi connectivity index (χ1) is 11.6. The van der Waals surface area contributed by atoms with Gasteiger partial charge in [-0.3, -0.25) is 15.1 Å². The number of hydrogen-bond acceptors (Lipinski definition) is 4. The number of nitro groups is 1. The van der Waals surface area contributed by atoms with Crippen LogP contribution in [-0.2, 0) is 12.8 Å². The summed E-state index contributed by atoms with van der Waals surface area (Å²) in [5, 5.41) is 11.2. The first kappa shape index (κ1) is 16.3. The Morgan fingerprint density at radius 1 is 1.08 bits per heavy atom. The third-order valence-corrected chi connectivity index (χ3v) is 4.31. The van der Waals surface area contributed by atoms with Crippen molar-refractivity contribution in [3.05, 3.63) is 74.8 Å². The van der Waals surface area contributed by atoms with E-state index in [2.05, 4.69) is 17.0 Å². The number of fused-ring (bicyclic) bond motifs is 2. The monoisotopic (exact) mass is 323 g/mol. The summed E-state index contributed by atoms with van der Waals surface area (Å²) in [5.74, 6) is 0. The van der Waals surface area contributed by atoms with E-state index in [1.807, 2.05) is 32.3 Å². The zero-order chi connectivity index (χ0) is 17.1. The molecule has 0 fully saturated rings. The summed E-state index contributed by atoms with van der Waals surface area (Å²) in [6.07, 6.45) is 1.80. The molecule has 0 heterocycles. The Morgan fingerprint density at radius 2 is 1.79 bits per heavy atom. The van der Waals surface area contributed by atoms with Gasteiger partial charge in [0, 0.05) is 29.8 Å². The number of non-ortho nitro benzene ring substituents is 1. The lowest BCUT2D eigenvalue weighted by molar-refractivity contribution is -0.384. The Bertz CT molecular complexity index is 797. The Kier molecular flexibility index (Phi) is 4.71. The summed E-state index contributed by atoms with van der Waals surface area (Å²) in [6.45, 7) is 1.51. The predicted octanol–water partition coefficient (Wildman–Crippen LogP) is 3.09. The minimum Gasteiger partial charge on any atom is -0.308 e. The second kappa shape index (κ2) is 6.93. The lowest BCUT2D eigenvalue weighted by atomic mass is 9.97. The molecular formula is C19H21N3O2. The van der Waals surface area contributed by atoms with Crippen LogP contribution < -0.4 is 0 Å². The SMILES string of the molecule is CN(C)CCN=C1c2ccccc2CCc2ccc([N+](=O)[O-])cc21. The highest BCUT2D eigenvalue weighted by atomic mass is 16.6. The fraction of sp³-hybridized carbons (Fsp3) is 0.316. The summed E-state index contributed by atoms with van der Waals surface area (Å²) in [6, 6.07) is 13.4. The molecule has 1 aliphatic carbocycles. The number of benzene rings is 2. The molecule has 0 amide bonds.